The lowest BCUT2D eigenvalue weighted by Gasteiger charge is -2.46. The molecule has 3 saturated heterocycles. The molecule has 2 N–H and O–H groups in total. The second-order valence-corrected chi connectivity index (χ2v) is 18.0. The van der Waals surface area contributed by atoms with Gasteiger partial charge >= 0.3 is 17.9 Å². The summed E-state index contributed by atoms with van der Waals surface area (Å²) in [6, 6.07) is 34.4. The third kappa shape index (κ3) is 8.60. The average molecular weight is 961 g/mol. The van der Waals surface area contributed by atoms with Crippen LogP contribution in [0.3, 0.4) is 0 Å². The van der Waals surface area contributed by atoms with E-state index in [1.165, 1.54) is 14.2 Å². The van der Waals surface area contributed by atoms with Crippen molar-refractivity contribution in [3.8, 4) is 29.1 Å². The molecule has 364 valence electrons. The van der Waals surface area contributed by atoms with Crippen molar-refractivity contribution in [1.82, 2.24) is 14.7 Å². The molecule has 10 rings (SSSR count). The lowest BCUT2D eigenvalue weighted by molar-refractivity contribution is -0.179. The molecule has 5 aromatic carbocycles. The first-order chi connectivity index (χ1) is 34.6. The summed E-state index contributed by atoms with van der Waals surface area (Å²) in [5.41, 5.74) is 2.71. The van der Waals surface area contributed by atoms with Gasteiger partial charge < -0.3 is 43.7 Å². The van der Waals surface area contributed by atoms with Crippen molar-refractivity contribution in [2.45, 2.75) is 42.6 Å². The number of benzene rings is 5. The van der Waals surface area contributed by atoms with Gasteiger partial charge in [-0.1, -0.05) is 90.7 Å². The molecule has 5 aromatic rings. The molecule has 5 aliphatic rings. The summed E-state index contributed by atoms with van der Waals surface area (Å²) in [5.74, 6) is 2.16. The number of esters is 3. The SMILES string of the molecule is COC(=O)C(CC#Cc1ccc2c(c1)[C@]1(C(=O)N2)[C@H](c2ccc(OCCO)cc2)N2[C@H](c3ccccc3)[C@H](c3ccccc3)OC(=O)[C@H]2[C@@H]1C(=O)N1CCN(Cc2ccc3c(c2)OCO3)CC1)C(=O)OC. The molecule has 1 spiro atoms. The molecule has 16 nitrogen and oxygen atoms in total. The molecule has 0 unspecified atom stereocenters. The minimum absolute atomic E-state index is 0.0573. The normalized spacial score (nSPS) is 23.3. The van der Waals surface area contributed by atoms with Crippen LogP contribution < -0.4 is 19.5 Å². The topological polar surface area (TPSA) is 183 Å². The number of hydrogen-bond donors (Lipinski definition) is 2. The average Bonchev–Trinajstić information content (AvgIpc) is 4.09. The van der Waals surface area contributed by atoms with E-state index < -0.39 is 65.3 Å². The quantitative estimate of drug-likeness (QED) is 0.0729. The van der Waals surface area contributed by atoms with Gasteiger partial charge in [-0.2, -0.15) is 0 Å². The molecule has 0 radical (unpaired) electrons. The number of nitrogens with zero attached hydrogens (tertiary/aromatic N) is 3. The van der Waals surface area contributed by atoms with Crippen LogP contribution in [0.1, 0.15) is 58.0 Å². The lowest BCUT2D eigenvalue weighted by Crippen LogP contribution is -2.58. The van der Waals surface area contributed by atoms with E-state index in [0.29, 0.717) is 72.4 Å². The van der Waals surface area contributed by atoms with Gasteiger partial charge in [0.15, 0.2) is 17.4 Å². The number of methoxy groups -OCH3 is 2. The maximum atomic E-state index is 16.1. The van der Waals surface area contributed by atoms with Gasteiger partial charge in [0.25, 0.3) is 0 Å². The van der Waals surface area contributed by atoms with Gasteiger partial charge in [0.05, 0.1) is 38.8 Å². The number of morpholine rings is 1. The van der Waals surface area contributed by atoms with Crippen molar-refractivity contribution >= 4 is 35.4 Å². The molecule has 16 heteroatoms. The van der Waals surface area contributed by atoms with Crippen molar-refractivity contribution in [1.29, 1.82) is 0 Å². The summed E-state index contributed by atoms with van der Waals surface area (Å²) < 4.78 is 33.3. The van der Waals surface area contributed by atoms with Crippen molar-refractivity contribution in [2.75, 3.05) is 65.7 Å². The van der Waals surface area contributed by atoms with Gasteiger partial charge in [0.2, 0.25) is 18.6 Å². The van der Waals surface area contributed by atoms with Crippen molar-refractivity contribution in [2.24, 2.45) is 11.8 Å². The molecule has 0 aliphatic carbocycles. The monoisotopic (exact) mass is 960 g/mol. The van der Waals surface area contributed by atoms with Crippen molar-refractivity contribution < 1.29 is 57.5 Å². The van der Waals surface area contributed by atoms with Crippen LogP contribution in [-0.2, 0) is 50.1 Å². The van der Waals surface area contributed by atoms with Gasteiger partial charge in [0, 0.05) is 50.4 Å². The second kappa shape index (κ2) is 20.0. The summed E-state index contributed by atoms with van der Waals surface area (Å²) in [6.07, 6.45) is -1.07. The Labute approximate surface area is 410 Å². The third-order valence-corrected chi connectivity index (χ3v) is 14.2. The molecule has 3 fully saturated rings. The number of carbonyl (C=O) groups is 5. The number of hydrogen-bond acceptors (Lipinski definition) is 14. The van der Waals surface area contributed by atoms with Crippen molar-refractivity contribution in [3.63, 3.8) is 0 Å². The van der Waals surface area contributed by atoms with E-state index in [9.17, 15) is 14.7 Å². The van der Waals surface area contributed by atoms with E-state index in [4.69, 9.17) is 28.4 Å². The molecule has 0 bridgehead atoms. The van der Waals surface area contributed by atoms with Crippen LogP contribution >= 0.6 is 0 Å². The Morgan fingerprint density at radius 1 is 0.789 bits per heavy atom. The molecular weight excluding hydrogens is 909 g/mol. The zero-order chi connectivity index (χ0) is 49.2. The summed E-state index contributed by atoms with van der Waals surface area (Å²) in [6.45, 7) is 2.29. The number of carbonyl (C=O) groups excluding carboxylic acids is 5. The highest BCUT2D eigenvalue weighted by molar-refractivity contribution is 6.12. The van der Waals surface area contributed by atoms with Crippen LogP contribution in [0.4, 0.5) is 5.69 Å². The Hall–Kier alpha value is -7.71. The van der Waals surface area contributed by atoms with Gasteiger partial charge in [-0.25, -0.2) is 0 Å². The van der Waals surface area contributed by atoms with Gasteiger partial charge in [-0.05, 0) is 70.3 Å². The van der Waals surface area contributed by atoms with E-state index in [-0.39, 0.29) is 32.3 Å². The fourth-order valence-electron chi connectivity index (χ4n) is 11.0. The smallest absolute Gasteiger partial charge is 0.324 e. The van der Waals surface area contributed by atoms with E-state index >= 15 is 14.4 Å². The predicted molar refractivity (Wildman–Crippen MR) is 256 cm³/mol. The number of cyclic esters (lactones) is 1. The minimum Gasteiger partial charge on any atom is -0.491 e. The number of amides is 2. The van der Waals surface area contributed by atoms with E-state index in [2.05, 4.69) is 22.1 Å². The third-order valence-electron chi connectivity index (χ3n) is 14.2. The summed E-state index contributed by atoms with van der Waals surface area (Å²) in [7, 11) is 2.35. The number of anilines is 1. The van der Waals surface area contributed by atoms with E-state index in [1.54, 1.807) is 35.2 Å². The zero-order valence-corrected chi connectivity index (χ0v) is 39.2. The number of piperazine rings is 1. The predicted octanol–water partition coefficient (Wildman–Crippen LogP) is 5.11. The number of fused-ring (bicyclic) bond motifs is 4. The molecular formula is C55H52N4O12. The molecule has 0 aromatic heterocycles. The van der Waals surface area contributed by atoms with Crippen LogP contribution in [0.25, 0.3) is 0 Å². The Morgan fingerprint density at radius 3 is 2.17 bits per heavy atom. The fraction of sp³-hybridized carbons (Fsp3) is 0.327. The first kappa shape index (κ1) is 47.0. The minimum atomic E-state index is -1.79. The maximum absolute atomic E-state index is 16.1. The maximum Gasteiger partial charge on any atom is 0.324 e. The van der Waals surface area contributed by atoms with Gasteiger partial charge in [-0.3, -0.25) is 33.8 Å². The number of ether oxygens (including phenoxy) is 6. The Bertz CT molecular complexity index is 2880. The van der Waals surface area contributed by atoms with Crippen LogP contribution in [0.2, 0.25) is 0 Å². The fourth-order valence-corrected chi connectivity index (χ4v) is 11.0. The van der Waals surface area contributed by atoms with Crippen molar-refractivity contribution in [3.05, 3.63) is 155 Å². The summed E-state index contributed by atoms with van der Waals surface area (Å²) in [5, 5.41) is 12.7. The highest BCUT2D eigenvalue weighted by Crippen LogP contribution is 2.65. The molecule has 6 atom stereocenters. The number of nitrogens with one attached hydrogen (secondary N) is 1. The summed E-state index contributed by atoms with van der Waals surface area (Å²) >= 11 is 0. The first-order valence-corrected chi connectivity index (χ1v) is 23.6. The first-order valence-electron chi connectivity index (χ1n) is 23.6. The standard InChI is InChI=1S/C55H52N4O12/c1-66-51(62)40(52(63)67-2)15-9-10-34-16-22-42-41(30-34)55(54(65)56-42)45(50(61)58-26-24-57(25-27-58)32-35-17-23-43-44(31-35)70-33-69-43)47-53(64)71-48(37-13-7-4-8-14-37)46(36-11-5-3-6-12-36)59(47)49(55)38-18-20-39(21-19-38)68-29-28-60/h3-8,11-14,16-23,30-31,40,45-49,60H,15,24-29,32-33H2,1-2H3,(H,56,65)/t45-,46-,47-,48+,49+,55-/m1/s1. The zero-order valence-electron chi connectivity index (χ0n) is 39.2. The summed E-state index contributed by atoms with van der Waals surface area (Å²) in [4.78, 5) is 78.4. The van der Waals surface area contributed by atoms with Gasteiger partial charge in [0.1, 0.15) is 29.9 Å². The van der Waals surface area contributed by atoms with Gasteiger partial charge in [-0.15, -0.1) is 0 Å². The van der Waals surface area contributed by atoms with E-state index in [0.717, 1.165) is 16.7 Å². The van der Waals surface area contributed by atoms with Crippen LogP contribution in [0.5, 0.6) is 17.2 Å². The van der Waals surface area contributed by atoms with Crippen LogP contribution in [0.15, 0.2) is 121 Å². The number of aliphatic hydroxyl groups excluding tert-OH is 1. The van der Waals surface area contributed by atoms with Crippen LogP contribution in [-0.4, -0.2) is 116 Å². The molecule has 0 saturated carbocycles. The highest BCUT2D eigenvalue weighted by atomic mass is 16.7. The number of rotatable bonds is 12. The number of aliphatic hydroxyl groups is 1. The largest absolute Gasteiger partial charge is 0.491 e. The Morgan fingerprint density at radius 2 is 1.48 bits per heavy atom. The highest BCUT2D eigenvalue weighted by Gasteiger charge is 2.74. The Balaban J connectivity index is 1.13. The molecule has 71 heavy (non-hydrogen) atoms. The molecule has 5 heterocycles. The molecule has 2 amide bonds. The van der Waals surface area contributed by atoms with Crippen LogP contribution in [0, 0.1) is 23.7 Å². The molecule has 5 aliphatic heterocycles. The van der Waals surface area contributed by atoms with E-state index in [1.807, 2.05) is 95.9 Å². The second-order valence-electron chi connectivity index (χ2n) is 18.0. The Kier molecular flexibility index (Phi) is 13.2. The lowest BCUT2D eigenvalue weighted by atomic mass is 9.65.